The van der Waals surface area contributed by atoms with Crippen LogP contribution in [0.25, 0.3) is 10.8 Å². The number of hydrogen-bond acceptors (Lipinski definition) is 5. The van der Waals surface area contributed by atoms with E-state index in [0.29, 0.717) is 40.0 Å². The average Bonchev–Trinajstić information content (AvgIpc) is 2.88. The summed E-state index contributed by atoms with van der Waals surface area (Å²) in [5.74, 6) is 1.17. The summed E-state index contributed by atoms with van der Waals surface area (Å²) in [5.41, 5.74) is 4.63. The van der Waals surface area contributed by atoms with Gasteiger partial charge in [-0.3, -0.25) is 4.79 Å². The molecule has 1 N–H and O–H groups in total. The van der Waals surface area contributed by atoms with Gasteiger partial charge in [0.2, 0.25) is 0 Å². The van der Waals surface area contributed by atoms with Gasteiger partial charge in [0.25, 0.3) is 5.91 Å². The highest BCUT2D eigenvalue weighted by molar-refractivity contribution is 14.1. The van der Waals surface area contributed by atoms with Crippen LogP contribution in [0.15, 0.2) is 77.9 Å². The number of nitrogens with zero attached hydrogens (tertiary/aromatic N) is 1. The van der Waals surface area contributed by atoms with Gasteiger partial charge in [0.15, 0.2) is 11.5 Å². The number of benzene rings is 4. The van der Waals surface area contributed by atoms with Gasteiger partial charge in [-0.2, -0.15) is 5.10 Å². The van der Waals surface area contributed by atoms with E-state index in [9.17, 15) is 4.79 Å². The van der Waals surface area contributed by atoms with Crippen LogP contribution in [0, 0.1) is 3.57 Å². The van der Waals surface area contributed by atoms with Crippen LogP contribution in [-0.2, 0) is 6.61 Å². The van der Waals surface area contributed by atoms with Crippen LogP contribution in [-0.4, -0.2) is 26.3 Å². The van der Waals surface area contributed by atoms with Crippen molar-refractivity contribution < 1.29 is 19.0 Å². The molecule has 6 nitrogen and oxygen atoms in total. The molecule has 0 atom stereocenters. The molecule has 1 amide bonds. The number of carbonyl (C=O) groups is 1. The molecule has 0 radical (unpaired) electrons. The molecule has 8 heteroatoms. The molecule has 0 spiro atoms. The van der Waals surface area contributed by atoms with Crippen molar-refractivity contribution in [1.82, 2.24) is 5.43 Å². The molecule has 0 aliphatic carbocycles. The third-order valence-corrected chi connectivity index (χ3v) is 6.47. The number of hydrogen-bond donors (Lipinski definition) is 1. The molecule has 0 fully saturated rings. The number of carbonyl (C=O) groups excluding carboxylic acids is 1. The molecule has 178 valence electrons. The number of hydrazone groups is 1. The van der Waals surface area contributed by atoms with Gasteiger partial charge in [-0.05, 0) is 74.8 Å². The summed E-state index contributed by atoms with van der Waals surface area (Å²) < 4.78 is 17.7. The van der Waals surface area contributed by atoms with Gasteiger partial charge in [-0.25, -0.2) is 5.43 Å². The Bertz CT molecular complexity index is 1400. The minimum absolute atomic E-state index is 0.334. The smallest absolute Gasteiger partial charge is 0.271 e. The summed E-state index contributed by atoms with van der Waals surface area (Å²) in [7, 11) is 3.10. The molecule has 0 aromatic heterocycles. The largest absolute Gasteiger partial charge is 0.496 e. The lowest BCUT2D eigenvalue weighted by molar-refractivity contribution is 0.0954. The van der Waals surface area contributed by atoms with Crippen molar-refractivity contribution in [3.05, 3.63) is 98.1 Å². The SMILES string of the molecule is COc1cc(C(=O)N/N=C\c2cc(Cl)c(OCc3cccc4ccccc34)c(OC)c2)ccc1I. The van der Waals surface area contributed by atoms with Crippen LogP contribution in [0.5, 0.6) is 17.2 Å². The third-order valence-electron chi connectivity index (χ3n) is 5.30. The number of rotatable bonds is 8. The zero-order chi connectivity index (χ0) is 24.8. The summed E-state index contributed by atoms with van der Waals surface area (Å²) in [6.45, 7) is 0.334. The Morgan fingerprint density at radius 3 is 2.57 bits per heavy atom. The summed E-state index contributed by atoms with van der Waals surface area (Å²) >= 11 is 8.66. The molecular weight excluding hydrogens is 579 g/mol. The van der Waals surface area contributed by atoms with Crippen LogP contribution in [0.2, 0.25) is 5.02 Å². The zero-order valence-corrected chi connectivity index (χ0v) is 22.0. The van der Waals surface area contributed by atoms with Crippen molar-refractivity contribution in [3.8, 4) is 17.2 Å². The summed E-state index contributed by atoms with van der Waals surface area (Å²) in [5, 5.41) is 6.69. The van der Waals surface area contributed by atoms with E-state index in [1.165, 1.54) is 6.21 Å². The molecule has 35 heavy (non-hydrogen) atoms. The first kappa shape index (κ1) is 24.8. The Kier molecular flexibility index (Phi) is 8.09. The van der Waals surface area contributed by atoms with E-state index in [4.69, 9.17) is 25.8 Å². The van der Waals surface area contributed by atoms with Crippen LogP contribution in [0.1, 0.15) is 21.5 Å². The first-order chi connectivity index (χ1) is 17.0. The molecule has 4 aromatic carbocycles. The van der Waals surface area contributed by atoms with Gasteiger partial charge < -0.3 is 14.2 Å². The molecule has 0 aliphatic heterocycles. The van der Waals surface area contributed by atoms with Gasteiger partial charge in [0, 0.05) is 5.56 Å². The molecule has 0 saturated heterocycles. The van der Waals surface area contributed by atoms with E-state index in [2.05, 4.69) is 51.3 Å². The maximum absolute atomic E-state index is 12.4. The van der Waals surface area contributed by atoms with Crippen LogP contribution in [0.3, 0.4) is 0 Å². The number of nitrogens with one attached hydrogen (secondary N) is 1. The third kappa shape index (κ3) is 5.86. The lowest BCUT2D eigenvalue weighted by Crippen LogP contribution is -2.17. The van der Waals surface area contributed by atoms with Gasteiger partial charge in [0.05, 0.1) is 29.0 Å². The van der Waals surface area contributed by atoms with Gasteiger partial charge in [0.1, 0.15) is 12.4 Å². The lowest BCUT2D eigenvalue weighted by atomic mass is 10.1. The van der Waals surface area contributed by atoms with Crippen molar-refractivity contribution in [2.45, 2.75) is 6.61 Å². The second-order valence-electron chi connectivity index (χ2n) is 7.51. The number of fused-ring (bicyclic) bond motifs is 1. The van der Waals surface area contributed by atoms with Crippen molar-refractivity contribution in [3.63, 3.8) is 0 Å². The molecule has 0 heterocycles. The number of halogens is 2. The fourth-order valence-corrected chi connectivity index (χ4v) is 4.38. The highest BCUT2D eigenvalue weighted by Crippen LogP contribution is 2.37. The van der Waals surface area contributed by atoms with Crippen molar-refractivity contribution in [2.24, 2.45) is 5.10 Å². The van der Waals surface area contributed by atoms with Crippen LogP contribution >= 0.6 is 34.2 Å². The topological polar surface area (TPSA) is 69.2 Å². The van der Waals surface area contributed by atoms with Crippen molar-refractivity contribution in [2.75, 3.05) is 14.2 Å². The zero-order valence-electron chi connectivity index (χ0n) is 19.0. The van der Waals surface area contributed by atoms with E-state index >= 15 is 0 Å². The second-order valence-corrected chi connectivity index (χ2v) is 9.08. The Morgan fingerprint density at radius 1 is 1.00 bits per heavy atom. The van der Waals surface area contributed by atoms with Crippen LogP contribution < -0.4 is 19.6 Å². The fraction of sp³-hybridized carbons (Fsp3) is 0.111. The van der Waals surface area contributed by atoms with Crippen LogP contribution in [0.4, 0.5) is 0 Å². The van der Waals surface area contributed by atoms with E-state index < -0.39 is 0 Å². The van der Waals surface area contributed by atoms with Gasteiger partial charge in [-0.15, -0.1) is 0 Å². The number of amides is 1. The lowest BCUT2D eigenvalue weighted by Gasteiger charge is -2.14. The Hall–Kier alpha value is -3.30. The van der Waals surface area contributed by atoms with E-state index in [1.54, 1.807) is 44.6 Å². The minimum Gasteiger partial charge on any atom is -0.496 e. The normalized spacial score (nSPS) is 11.0. The first-order valence-electron chi connectivity index (χ1n) is 10.6. The van der Waals surface area contributed by atoms with Gasteiger partial charge >= 0.3 is 0 Å². The highest BCUT2D eigenvalue weighted by Gasteiger charge is 2.13. The summed E-state index contributed by atoms with van der Waals surface area (Å²) in [4.78, 5) is 12.4. The van der Waals surface area contributed by atoms with Crippen molar-refractivity contribution in [1.29, 1.82) is 0 Å². The first-order valence-corrected chi connectivity index (χ1v) is 12.1. The summed E-state index contributed by atoms with van der Waals surface area (Å²) in [6.07, 6.45) is 1.49. The predicted octanol–water partition coefficient (Wildman–Crippen LogP) is 6.46. The minimum atomic E-state index is -0.357. The number of methoxy groups -OCH3 is 2. The molecule has 4 aromatic rings. The van der Waals surface area contributed by atoms with Gasteiger partial charge in [-0.1, -0.05) is 54.1 Å². The monoisotopic (exact) mass is 600 g/mol. The maximum Gasteiger partial charge on any atom is 0.271 e. The average molecular weight is 601 g/mol. The quantitative estimate of drug-likeness (QED) is 0.143. The summed E-state index contributed by atoms with van der Waals surface area (Å²) in [6, 6.07) is 22.8. The molecule has 0 unspecified atom stereocenters. The molecule has 0 saturated carbocycles. The molecule has 0 aliphatic rings. The van der Waals surface area contributed by atoms with E-state index in [-0.39, 0.29) is 5.91 Å². The fourth-order valence-electron chi connectivity index (χ4n) is 3.55. The molecule has 4 rings (SSSR count). The standard InChI is InChI=1S/C27H22ClIN2O4/c1-33-24-14-19(10-11-23(24)29)27(32)31-30-15-17-12-22(28)26(25(13-17)34-2)35-16-20-8-5-7-18-6-3-4-9-21(18)20/h3-15H,16H2,1-2H3,(H,31,32)/b30-15-. The molecular formula is C27H22ClIN2O4. The molecule has 0 bridgehead atoms. The Morgan fingerprint density at radius 2 is 1.77 bits per heavy atom. The Balaban J connectivity index is 1.47. The predicted molar refractivity (Wildman–Crippen MR) is 147 cm³/mol. The Labute approximate surface area is 222 Å². The highest BCUT2D eigenvalue weighted by atomic mass is 127. The van der Waals surface area contributed by atoms with E-state index in [0.717, 1.165) is 19.9 Å². The maximum atomic E-state index is 12.4. The second kappa shape index (κ2) is 11.4. The number of ether oxygens (including phenoxy) is 3. The van der Waals surface area contributed by atoms with Crippen molar-refractivity contribution >= 4 is 57.1 Å². The van der Waals surface area contributed by atoms with E-state index in [1.807, 2.05) is 24.3 Å².